The second-order valence-corrected chi connectivity index (χ2v) is 12.0. The van der Waals surface area contributed by atoms with Gasteiger partial charge in [-0.05, 0) is 63.5 Å². The quantitative estimate of drug-likeness (QED) is 0.494. The predicted molar refractivity (Wildman–Crippen MR) is 142 cm³/mol. The number of carbonyl (C=O) groups is 1. The van der Waals surface area contributed by atoms with E-state index in [0.29, 0.717) is 6.54 Å². The van der Waals surface area contributed by atoms with Crippen molar-refractivity contribution < 1.29 is 14.6 Å². The molecular formula is C29H43N3O3. The SMILES string of the molecule is CC1=NCC(c2cccnc2)=C(N2CCC(C)(C)CC2)C1(/C=C/C(C)C)C(OC(C)(C)C)C(=O)O. The van der Waals surface area contributed by atoms with Gasteiger partial charge in [-0.15, -0.1) is 0 Å². The highest BCUT2D eigenvalue weighted by molar-refractivity contribution is 6.02. The van der Waals surface area contributed by atoms with Crippen LogP contribution in [0.4, 0.5) is 0 Å². The van der Waals surface area contributed by atoms with E-state index in [-0.39, 0.29) is 11.3 Å². The third kappa shape index (κ3) is 6.03. The van der Waals surface area contributed by atoms with Gasteiger partial charge in [0.1, 0.15) is 5.41 Å². The van der Waals surface area contributed by atoms with Gasteiger partial charge in [0.2, 0.25) is 0 Å². The van der Waals surface area contributed by atoms with Crippen molar-refractivity contribution in [2.45, 2.75) is 79.9 Å². The zero-order valence-electron chi connectivity index (χ0n) is 22.8. The van der Waals surface area contributed by atoms with Crippen molar-refractivity contribution in [1.29, 1.82) is 0 Å². The summed E-state index contributed by atoms with van der Waals surface area (Å²) in [6, 6.07) is 3.97. The van der Waals surface area contributed by atoms with E-state index in [1.54, 1.807) is 6.20 Å². The van der Waals surface area contributed by atoms with Crippen LogP contribution in [0.15, 0.2) is 47.4 Å². The van der Waals surface area contributed by atoms with E-state index in [1.165, 1.54) is 0 Å². The number of ether oxygens (including phenoxy) is 1. The fraction of sp³-hybridized carbons (Fsp3) is 0.621. The van der Waals surface area contributed by atoms with Crippen molar-refractivity contribution in [1.82, 2.24) is 9.88 Å². The van der Waals surface area contributed by atoms with Gasteiger partial charge in [0.05, 0.1) is 12.1 Å². The van der Waals surface area contributed by atoms with Crippen LogP contribution in [-0.4, -0.2) is 58.0 Å². The van der Waals surface area contributed by atoms with Crippen molar-refractivity contribution in [2.24, 2.45) is 21.7 Å². The zero-order valence-corrected chi connectivity index (χ0v) is 22.8. The number of carboxylic acids is 1. The number of aromatic nitrogens is 1. The molecule has 0 amide bonds. The molecule has 1 N–H and O–H groups in total. The first-order valence-corrected chi connectivity index (χ1v) is 12.8. The molecule has 6 nitrogen and oxygen atoms in total. The maximum absolute atomic E-state index is 13.0. The van der Waals surface area contributed by atoms with Crippen LogP contribution in [-0.2, 0) is 9.53 Å². The lowest BCUT2D eigenvalue weighted by atomic mass is 9.68. The Morgan fingerprint density at radius 3 is 2.40 bits per heavy atom. The first kappa shape index (κ1) is 27.1. The van der Waals surface area contributed by atoms with Gasteiger partial charge in [0.15, 0.2) is 6.10 Å². The first-order valence-electron chi connectivity index (χ1n) is 12.8. The van der Waals surface area contributed by atoms with Gasteiger partial charge in [-0.3, -0.25) is 9.98 Å². The summed E-state index contributed by atoms with van der Waals surface area (Å²) in [6.07, 6.45) is 8.73. The summed E-state index contributed by atoms with van der Waals surface area (Å²) in [7, 11) is 0. The average Bonchev–Trinajstić information content (AvgIpc) is 2.77. The molecule has 0 bridgehead atoms. The van der Waals surface area contributed by atoms with Crippen LogP contribution in [0.2, 0.25) is 0 Å². The number of likely N-dealkylation sites (tertiary alicyclic amines) is 1. The highest BCUT2D eigenvalue weighted by Crippen LogP contribution is 2.48. The lowest BCUT2D eigenvalue weighted by Gasteiger charge is -2.50. The number of hydrogen-bond acceptors (Lipinski definition) is 5. The second kappa shape index (κ2) is 10.3. The molecule has 0 saturated carbocycles. The second-order valence-electron chi connectivity index (χ2n) is 12.0. The van der Waals surface area contributed by atoms with Gasteiger partial charge >= 0.3 is 5.97 Å². The Morgan fingerprint density at radius 1 is 1.23 bits per heavy atom. The highest BCUT2D eigenvalue weighted by Gasteiger charge is 2.53. The Morgan fingerprint density at radius 2 is 1.89 bits per heavy atom. The molecule has 0 aliphatic carbocycles. The summed E-state index contributed by atoms with van der Waals surface area (Å²) < 4.78 is 6.38. The third-order valence-corrected chi connectivity index (χ3v) is 7.05. The largest absolute Gasteiger partial charge is 0.479 e. The number of pyridine rings is 1. The van der Waals surface area contributed by atoms with Gasteiger partial charge in [-0.1, -0.05) is 45.9 Å². The molecule has 2 aliphatic rings. The first-order chi connectivity index (χ1) is 16.3. The molecular weight excluding hydrogens is 438 g/mol. The third-order valence-electron chi connectivity index (χ3n) is 7.05. The minimum atomic E-state index is -1.13. The predicted octanol–water partition coefficient (Wildman–Crippen LogP) is 5.86. The lowest BCUT2D eigenvalue weighted by molar-refractivity contribution is -0.166. The van der Waals surface area contributed by atoms with Crippen LogP contribution in [0, 0.1) is 16.7 Å². The van der Waals surface area contributed by atoms with Crippen molar-refractivity contribution in [3.05, 3.63) is 47.9 Å². The number of piperidine rings is 1. The molecule has 2 unspecified atom stereocenters. The minimum Gasteiger partial charge on any atom is -0.479 e. The van der Waals surface area contributed by atoms with Crippen LogP contribution in [0.1, 0.15) is 73.8 Å². The summed E-state index contributed by atoms with van der Waals surface area (Å²) in [5.74, 6) is -0.737. The Bertz CT molecular complexity index is 992. The van der Waals surface area contributed by atoms with Crippen molar-refractivity contribution in [2.75, 3.05) is 19.6 Å². The van der Waals surface area contributed by atoms with E-state index in [0.717, 1.165) is 48.5 Å². The molecule has 0 radical (unpaired) electrons. The number of carboxylic acid groups (broad SMARTS) is 1. The zero-order chi connectivity index (χ0) is 26.0. The Kier molecular flexibility index (Phi) is 7.95. The average molecular weight is 482 g/mol. The van der Waals surface area contributed by atoms with Gasteiger partial charge in [-0.2, -0.15) is 0 Å². The molecule has 192 valence electrons. The molecule has 2 atom stereocenters. The summed E-state index contributed by atoms with van der Waals surface area (Å²) in [6.45, 7) is 18.7. The van der Waals surface area contributed by atoms with E-state index in [1.807, 2.05) is 46.0 Å². The highest BCUT2D eigenvalue weighted by atomic mass is 16.5. The molecule has 3 rings (SSSR count). The molecule has 0 aromatic carbocycles. The topological polar surface area (TPSA) is 75.0 Å². The van der Waals surface area contributed by atoms with Gasteiger partial charge < -0.3 is 14.7 Å². The molecule has 35 heavy (non-hydrogen) atoms. The van der Waals surface area contributed by atoms with Crippen molar-refractivity contribution in [3.63, 3.8) is 0 Å². The lowest BCUT2D eigenvalue weighted by Crippen LogP contribution is -2.56. The summed E-state index contributed by atoms with van der Waals surface area (Å²) in [5.41, 5.74) is 2.36. The van der Waals surface area contributed by atoms with E-state index < -0.39 is 23.1 Å². The molecule has 1 saturated heterocycles. The number of allylic oxidation sites excluding steroid dienone is 1. The Labute approximate surface area is 211 Å². The van der Waals surface area contributed by atoms with Gasteiger partial charge in [0.25, 0.3) is 0 Å². The minimum absolute atomic E-state index is 0.245. The van der Waals surface area contributed by atoms with E-state index in [9.17, 15) is 9.90 Å². The molecule has 1 aromatic rings. The normalized spacial score (nSPS) is 24.1. The number of nitrogens with zero attached hydrogens (tertiary/aromatic N) is 3. The van der Waals surface area contributed by atoms with E-state index in [4.69, 9.17) is 9.73 Å². The van der Waals surface area contributed by atoms with Crippen LogP contribution in [0.5, 0.6) is 0 Å². The number of rotatable bonds is 7. The molecule has 0 spiro atoms. The van der Waals surface area contributed by atoms with Crippen LogP contribution < -0.4 is 0 Å². The summed E-state index contributed by atoms with van der Waals surface area (Å²) in [4.78, 5) is 24.7. The fourth-order valence-corrected chi connectivity index (χ4v) is 5.02. The molecule has 3 heterocycles. The van der Waals surface area contributed by atoms with Crippen molar-refractivity contribution in [3.8, 4) is 0 Å². The van der Waals surface area contributed by atoms with Crippen LogP contribution in [0.3, 0.4) is 0 Å². The van der Waals surface area contributed by atoms with Crippen LogP contribution in [0.25, 0.3) is 5.57 Å². The number of aliphatic carboxylic acids is 1. The summed E-state index contributed by atoms with van der Waals surface area (Å²) >= 11 is 0. The van der Waals surface area contributed by atoms with Crippen molar-refractivity contribution >= 4 is 17.3 Å². The van der Waals surface area contributed by atoms with Gasteiger partial charge in [-0.25, -0.2) is 4.79 Å². The molecule has 1 fully saturated rings. The maximum Gasteiger partial charge on any atom is 0.334 e. The molecule has 2 aliphatic heterocycles. The fourth-order valence-electron chi connectivity index (χ4n) is 5.02. The van der Waals surface area contributed by atoms with Gasteiger partial charge in [0, 0.05) is 42.5 Å². The molecule has 6 heteroatoms. The Hall–Kier alpha value is -2.47. The summed E-state index contributed by atoms with van der Waals surface area (Å²) in [5, 5.41) is 10.6. The molecule has 1 aromatic heterocycles. The number of hydrogen-bond donors (Lipinski definition) is 1. The monoisotopic (exact) mass is 481 g/mol. The van der Waals surface area contributed by atoms with E-state index in [2.05, 4.69) is 49.7 Å². The number of aliphatic imine (C=N–C) groups is 1. The maximum atomic E-state index is 13.0. The number of dihydropyridines is 1. The smallest absolute Gasteiger partial charge is 0.334 e. The van der Waals surface area contributed by atoms with Crippen LogP contribution >= 0.6 is 0 Å². The standard InChI is InChI=1S/C29H43N3O3/c1-20(2)11-12-29(25(26(33)34)35-27(4,5)6)21(3)31-19-23(22-10-9-15-30-18-22)24(29)32-16-13-28(7,8)14-17-32/h9-12,15,18,20,25H,13-14,16-17,19H2,1-8H3,(H,33,34)/b12-11+. The van der Waals surface area contributed by atoms with E-state index >= 15 is 0 Å². The Balaban J connectivity index is 2.35.